The second-order valence-corrected chi connectivity index (χ2v) is 8.64. The van der Waals surface area contributed by atoms with Crippen LogP contribution in [-0.2, 0) is 14.3 Å². The van der Waals surface area contributed by atoms with Gasteiger partial charge in [-0.3, -0.25) is 14.5 Å². The number of nitrogens with zero attached hydrogens (tertiary/aromatic N) is 2. The van der Waals surface area contributed by atoms with Gasteiger partial charge in [-0.05, 0) is 49.0 Å². The molecule has 1 atom stereocenters. The van der Waals surface area contributed by atoms with Crippen molar-refractivity contribution in [2.75, 3.05) is 62.5 Å². The normalized spacial score (nSPS) is 14.2. The molecule has 1 saturated heterocycles. The summed E-state index contributed by atoms with van der Waals surface area (Å²) in [6.07, 6.45) is 0. The van der Waals surface area contributed by atoms with Crippen LogP contribution in [-0.4, -0.2) is 63.7 Å². The molecule has 0 radical (unpaired) electrons. The zero-order valence-electron chi connectivity index (χ0n) is 20.6. The highest BCUT2D eigenvalue weighted by atomic mass is 16.5. The minimum atomic E-state index is -0.660. The van der Waals surface area contributed by atoms with Crippen LogP contribution in [0.15, 0.2) is 78.9 Å². The van der Waals surface area contributed by atoms with Gasteiger partial charge in [0, 0.05) is 36.2 Å². The Morgan fingerprint density at radius 2 is 1.67 bits per heavy atom. The lowest BCUT2D eigenvalue weighted by Crippen LogP contribution is -2.39. The number of ether oxygens (including phenoxy) is 2. The van der Waals surface area contributed by atoms with Crippen LogP contribution in [0.2, 0.25) is 0 Å². The van der Waals surface area contributed by atoms with Crippen molar-refractivity contribution in [1.29, 1.82) is 0 Å². The second kappa shape index (κ2) is 12.2. The van der Waals surface area contributed by atoms with Gasteiger partial charge in [0.25, 0.3) is 0 Å². The van der Waals surface area contributed by atoms with Crippen LogP contribution in [0.1, 0.15) is 11.6 Å². The summed E-state index contributed by atoms with van der Waals surface area (Å²) in [5, 5.41) is 5.89. The van der Waals surface area contributed by atoms with Crippen LogP contribution in [0, 0.1) is 0 Å². The summed E-state index contributed by atoms with van der Waals surface area (Å²) in [6, 6.07) is 23.7. The van der Waals surface area contributed by atoms with Gasteiger partial charge in [0.15, 0.2) is 0 Å². The molecule has 4 rings (SSSR count). The van der Waals surface area contributed by atoms with Gasteiger partial charge in [-0.25, -0.2) is 0 Å². The van der Waals surface area contributed by atoms with E-state index < -0.39 is 6.04 Å². The smallest absolute Gasteiger partial charge is 0.246 e. The van der Waals surface area contributed by atoms with Crippen molar-refractivity contribution in [3.63, 3.8) is 0 Å². The van der Waals surface area contributed by atoms with E-state index in [1.54, 1.807) is 31.2 Å². The first kappa shape index (κ1) is 25.2. The maximum Gasteiger partial charge on any atom is 0.246 e. The molecule has 1 aliphatic rings. The monoisotopic (exact) mass is 488 g/mol. The highest BCUT2D eigenvalue weighted by molar-refractivity contribution is 5.97. The summed E-state index contributed by atoms with van der Waals surface area (Å²) in [7, 11) is 3.35. The quantitative estimate of drug-likeness (QED) is 0.477. The molecule has 1 aliphatic heterocycles. The van der Waals surface area contributed by atoms with Gasteiger partial charge in [0.2, 0.25) is 11.8 Å². The average molecular weight is 489 g/mol. The first-order valence-electron chi connectivity index (χ1n) is 12.0. The van der Waals surface area contributed by atoms with Crippen molar-refractivity contribution < 1.29 is 19.1 Å². The van der Waals surface area contributed by atoms with E-state index in [-0.39, 0.29) is 18.4 Å². The van der Waals surface area contributed by atoms with Crippen molar-refractivity contribution in [1.82, 2.24) is 4.90 Å². The van der Waals surface area contributed by atoms with Gasteiger partial charge < -0.3 is 25.0 Å². The van der Waals surface area contributed by atoms with Crippen LogP contribution >= 0.6 is 0 Å². The number of carbonyl (C=O) groups excluding carboxylic acids is 2. The number of rotatable bonds is 9. The highest BCUT2D eigenvalue weighted by Crippen LogP contribution is 2.24. The van der Waals surface area contributed by atoms with E-state index in [0.717, 1.165) is 37.6 Å². The molecule has 2 N–H and O–H groups in total. The molecule has 0 aliphatic carbocycles. The zero-order valence-corrected chi connectivity index (χ0v) is 20.6. The maximum atomic E-state index is 13.3. The van der Waals surface area contributed by atoms with Crippen molar-refractivity contribution in [3.8, 4) is 5.75 Å². The standard InChI is InChI=1S/C28H32N4O4/c1-31(20-26(33)29-22-11-13-24(14-12-22)32-15-17-36-18-16-32)27(21-7-4-3-5-8-21)28(34)30-23-9-6-10-25(19-23)35-2/h3-14,19,27H,15-18,20H2,1-2H3,(H,29,33)(H,30,34). The molecule has 188 valence electrons. The van der Waals surface area contributed by atoms with Gasteiger partial charge in [0.1, 0.15) is 11.8 Å². The molecule has 0 bridgehead atoms. The topological polar surface area (TPSA) is 83.1 Å². The van der Waals surface area contributed by atoms with Crippen molar-refractivity contribution in [2.45, 2.75) is 6.04 Å². The Morgan fingerprint density at radius 3 is 2.36 bits per heavy atom. The highest BCUT2D eigenvalue weighted by Gasteiger charge is 2.27. The fourth-order valence-corrected chi connectivity index (χ4v) is 4.25. The van der Waals surface area contributed by atoms with Gasteiger partial charge in [0.05, 0.1) is 26.9 Å². The Hall–Kier alpha value is -3.88. The summed E-state index contributed by atoms with van der Waals surface area (Å²) in [4.78, 5) is 30.2. The number of carbonyl (C=O) groups is 2. The second-order valence-electron chi connectivity index (χ2n) is 8.64. The van der Waals surface area contributed by atoms with Crippen LogP contribution in [0.3, 0.4) is 0 Å². The lowest BCUT2D eigenvalue weighted by Gasteiger charge is -2.29. The van der Waals surface area contributed by atoms with Gasteiger partial charge in [-0.2, -0.15) is 0 Å². The minimum Gasteiger partial charge on any atom is -0.497 e. The predicted molar refractivity (Wildman–Crippen MR) is 142 cm³/mol. The number of hydrogen-bond donors (Lipinski definition) is 2. The van der Waals surface area contributed by atoms with Crippen LogP contribution in [0.4, 0.5) is 17.1 Å². The lowest BCUT2D eigenvalue weighted by atomic mass is 10.0. The molecule has 1 unspecified atom stereocenters. The van der Waals surface area contributed by atoms with Crippen molar-refractivity contribution >= 4 is 28.9 Å². The number of amides is 2. The zero-order chi connectivity index (χ0) is 25.3. The maximum absolute atomic E-state index is 13.3. The first-order chi connectivity index (χ1) is 17.5. The fraction of sp³-hybridized carbons (Fsp3) is 0.286. The number of anilines is 3. The Labute approximate surface area is 211 Å². The van der Waals surface area contributed by atoms with Crippen LogP contribution in [0.25, 0.3) is 0 Å². The third-order valence-electron chi connectivity index (χ3n) is 6.06. The van der Waals surface area contributed by atoms with E-state index >= 15 is 0 Å². The minimum absolute atomic E-state index is 0.0380. The Morgan fingerprint density at radius 1 is 0.944 bits per heavy atom. The summed E-state index contributed by atoms with van der Waals surface area (Å²) in [5.74, 6) is 0.211. The van der Waals surface area contributed by atoms with Gasteiger partial charge in [-0.1, -0.05) is 36.4 Å². The van der Waals surface area contributed by atoms with Crippen LogP contribution in [0.5, 0.6) is 5.75 Å². The SMILES string of the molecule is COc1cccc(NC(=O)C(c2ccccc2)N(C)CC(=O)Nc2ccc(N3CCOCC3)cc2)c1. The number of hydrogen-bond acceptors (Lipinski definition) is 6. The number of morpholine rings is 1. The Balaban J connectivity index is 1.42. The Bertz CT molecular complexity index is 1150. The third kappa shape index (κ3) is 6.62. The lowest BCUT2D eigenvalue weighted by molar-refractivity contribution is -0.123. The molecule has 36 heavy (non-hydrogen) atoms. The van der Waals surface area contributed by atoms with E-state index in [9.17, 15) is 9.59 Å². The van der Waals surface area contributed by atoms with E-state index in [2.05, 4.69) is 15.5 Å². The Kier molecular flexibility index (Phi) is 8.54. The summed E-state index contributed by atoms with van der Waals surface area (Å²) < 4.78 is 10.7. The average Bonchev–Trinajstić information content (AvgIpc) is 2.90. The molecule has 8 heteroatoms. The van der Waals surface area contributed by atoms with Crippen molar-refractivity contribution in [3.05, 3.63) is 84.4 Å². The summed E-state index contributed by atoms with van der Waals surface area (Å²) in [5.41, 5.74) is 3.23. The molecule has 1 fully saturated rings. The van der Waals surface area contributed by atoms with E-state index in [4.69, 9.17) is 9.47 Å². The molecule has 0 saturated carbocycles. The molecule has 8 nitrogen and oxygen atoms in total. The molecule has 1 heterocycles. The number of likely N-dealkylation sites (N-methyl/N-ethyl adjacent to an activating group) is 1. The number of nitrogens with one attached hydrogen (secondary N) is 2. The largest absolute Gasteiger partial charge is 0.497 e. The van der Waals surface area contributed by atoms with Gasteiger partial charge >= 0.3 is 0 Å². The van der Waals surface area contributed by atoms with Gasteiger partial charge in [-0.15, -0.1) is 0 Å². The van der Waals surface area contributed by atoms with E-state index in [1.807, 2.05) is 66.7 Å². The summed E-state index contributed by atoms with van der Waals surface area (Å²) in [6.45, 7) is 3.19. The third-order valence-corrected chi connectivity index (χ3v) is 6.06. The molecule has 0 spiro atoms. The van der Waals surface area contributed by atoms with Crippen LogP contribution < -0.4 is 20.3 Å². The molecule has 0 aromatic heterocycles. The van der Waals surface area contributed by atoms with E-state index in [1.165, 1.54) is 0 Å². The first-order valence-corrected chi connectivity index (χ1v) is 12.0. The van der Waals surface area contributed by atoms with Crippen molar-refractivity contribution in [2.24, 2.45) is 0 Å². The summed E-state index contributed by atoms with van der Waals surface area (Å²) >= 11 is 0. The molecule has 3 aromatic rings. The number of methoxy groups -OCH3 is 1. The number of benzene rings is 3. The fourth-order valence-electron chi connectivity index (χ4n) is 4.25. The van der Waals surface area contributed by atoms with E-state index in [0.29, 0.717) is 17.1 Å². The predicted octanol–water partition coefficient (Wildman–Crippen LogP) is 3.78. The molecule has 2 amide bonds. The molecular weight excluding hydrogens is 456 g/mol. The molecular formula is C28H32N4O4. The molecule has 3 aromatic carbocycles.